The number of hydrogen-bond donors (Lipinski definition) is 0. The highest BCUT2D eigenvalue weighted by atomic mass is 79.9. The molecular weight excluding hydrogens is 446 g/mol. The summed E-state index contributed by atoms with van der Waals surface area (Å²) in [6.45, 7) is 7.32. The average Bonchev–Trinajstić information content (AvgIpc) is 2.58. The van der Waals surface area contributed by atoms with Crippen molar-refractivity contribution in [3.63, 3.8) is 0 Å². The molecule has 0 heterocycles. The van der Waals surface area contributed by atoms with E-state index in [0.29, 0.717) is 11.4 Å². The normalized spacial score (nSPS) is 31.0. The highest BCUT2D eigenvalue weighted by Gasteiger charge is 2.52. The minimum atomic E-state index is -3.49. The molecule has 0 atom stereocenters. The molecule has 0 saturated heterocycles. The summed E-state index contributed by atoms with van der Waals surface area (Å²) in [5, 5.41) is 0.931. The number of unbranched alkanes of at least 4 members (excludes halogenated alkanes) is 1. The monoisotopic (exact) mass is 481 g/mol. The molecule has 0 spiro atoms. The summed E-state index contributed by atoms with van der Waals surface area (Å²) < 4.78 is 29.7. The van der Waals surface area contributed by atoms with Crippen molar-refractivity contribution in [1.29, 1.82) is 0 Å². The summed E-state index contributed by atoms with van der Waals surface area (Å²) in [5.74, 6) is 2.53. The number of alkyl halides is 1. The summed E-state index contributed by atoms with van der Waals surface area (Å²) >= 11 is 3.51. The largest absolute Gasteiger partial charge is 0.243 e. The maximum absolute atomic E-state index is 13.9. The van der Waals surface area contributed by atoms with Crippen molar-refractivity contribution >= 4 is 26.0 Å². The van der Waals surface area contributed by atoms with Crippen LogP contribution in [0.15, 0.2) is 17.0 Å². The molecule has 4 aliphatic rings. The quantitative estimate of drug-likeness (QED) is 0.337. The van der Waals surface area contributed by atoms with Gasteiger partial charge in [0, 0.05) is 18.4 Å². The topological polar surface area (TPSA) is 37.4 Å². The van der Waals surface area contributed by atoms with E-state index in [1.807, 2.05) is 37.2 Å². The van der Waals surface area contributed by atoms with Gasteiger partial charge in [0.15, 0.2) is 0 Å². The third-order valence-electron chi connectivity index (χ3n) is 7.67. The van der Waals surface area contributed by atoms with Gasteiger partial charge < -0.3 is 0 Å². The predicted molar refractivity (Wildman–Crippen MR) is 123 cm³/mol. The van der Waals surface area contributed by atoms with Crippen molar-refractivity contribution in [3.05, 3.63) is 28.8 Å². The molecule has 1 aromatic carbocycles. The minimum Gasteiger partial charge on any atom is -0.207 e. The summed E-state index contributed by atoms with van der Waals surface area (Å²) in [5.41, 5.74) is 3.13. The predicted octanol–water partition coefficient (Wildman–Crippen LogP) is 5.99. The van der Waals surface area contributed by atoms with Gasteiger partial charge >= 0.3 is 0 Å². The summed E-state index contributed by atoms with van der Waals surface area (Å²) in [7, 11) is -3.49. The van der Waals surface area contributed by atoms with Crippen molar-refractivity contribution in [2.24, 2.45) is 23.2 Å². The van der Waals surface area contributed by atoms with Gasteiger partial charge in [-0.05, 0) is 106 Å². The van der Waals surface area contributed by atoms with E-state index in [1.54, 1.807) is 0 Å². The van der Waals surface area contributed by atoms with E-state index in [9.17, 15) is 8.42 Å². The standard InChI is InChI=1S/C24H36BrNO2S/c1-17-8-18(2)23(19(3)9-17)29(27,28)26(7-5-4-6-25)16-24-13-20-10-21(14-24)12-22(11-20)15-24/h8-9,20-22H,4-7,10-16H2,1-3H3. The molecule has 162 valence electrons. The Balaban J connectivity index is 1.65. The van der Waals surface area contributed by atoms with Crippen molar-refractivity contribution in [3.8, 4) is 0 Å². The van der Waals surface area contributed by atoms with Crippen LogP contribution >= 0.6 is 15.9 Å². The van der Waals surface area contributed by atoms with E-state index < -0.39 is 10.0 Å². The number of halogens is 1. The molecule has 3 nitrogen and oxygen atoms in total. The Bertz CT molecular complexity index is 805. The molecule has 0 unspecified atom stereocenters. The summed E-state index contributed by atoms with van der Waals surface area (Å²) in [6.07, 6.45) is 9.85. The summed E-state index contributed by atoms with van der Waals surface area (Å²) in [6, 6.07) is 4.03. The Morgan fingerprint density at radius 2 is 1.48 bits per heavy atom. The van der Waals surface area contributed by atoms with E-state index in [4.69, 9.17) is 0 Å². The van der Waals surface area contributed by atoms with Crippen molar-refractivity contribution < 1.29 is 8.42 Å². The lowest BCUT2D eigenvalue weighted by atomic mass is 9.49. The van der Waals surface area contributed by atoms with E-state index in [2.05, 4.69) is 15.9 Å². The number of sulfonamides is 1. The van der Waals surface area contributed by atoms with Gasteiger partial charge in [-0.25, -0.2) is 8.42 Å². The number of hydrogen-bond acceptors (Lipinski definition) is 2. The zero-order chi connectivity index (χ0) is 20.8. The second kappa shape index (κ2) is 8.27. The number of benzene rings is 1. The van der Waals surface area contributed by atoms with Gasteiger partial charge in [-0.3, -0.25) is 0 Å². The maximum atomic E-state index is 13.9. The van der Waals surface area contributed by atoms with E-state index in [-0.39, 0.29) is 5.41 Å². The molecular formula is C24H36BrNO2S. The zero-order valence-electron chi connectivity index (χ0n) is 18.2. The second-order valence-corrected chi connectivity index (χ2v) is 13.0. The zero-order valence-corrected chi connectivity index (χ0v) is 20.6. The number of nitrogens with zero attached hydrogens (tertiary/aromatic N) is 1. The van der Waals surface area contributed by atoms with Crippen LogP contribution < -0.4 is 0 Å². The first-order chi connectivity index (χ1) is 13.7. The fourth-order valence-corrected chi connectivity index (χ4v) is 9.63. The fourth-order valence-electron chi connectivity index (χ4n) is 7.23. The third kappa shape index (κ3) is 4.34. The Morgan fingerprint density at radius 3 is 1.97 bits per heavy atom. The van der Waals surface area contributed by atoms with E-state index in [0.717, 1.165) is 59.2 Å². The van der Waals surface area contributed by atoms with Crippen molar-refractivity contribution in [1.82, 2.24) is 4.31 Å². The fraction of sp³-hybridized carbons (Fsp3) is 0.750. The third-order valence-corrected chi connectivity index (χ3v) is 10.4. The maximum Gasteiger partial charge on any atom is 0.243 e. The molecule has 4 bridgehead atoms. The van der Waals surface area contributed by atoms with Crippen LogP contribution in [0.2, 0.25) is 0 Å². The lowest BCUT2D eigenvalue weighted by Crippen LogP contribution is -2.52. The van der Waals surface area contributed by atoms with Crippen LogP contribution in [0.3, 0.4) is 0 Å². The molecule has 0 aliphatic heterocycles. The number of rotatable bonds is 8. The van der Waals surface area contributed by atoms with Crippen molar-refractivity contribution in [2.45, 2.75) is 77.0 Å². The van der Waals surface area contributed by atoms with Crippen LogP contribution in [-0.4, -0.2) is 31.1 Å². The highest BCUT2D eigenvalue weighted by Crippen LogP contribution is 2.60. The minimum absolute atomic E-state index is 0.225. The smallest absolute Gasteiger partial charge is 0.207 e. The molecule has 4 aliphatic carbocycles. The van der Waals surface area contributed by atoms with Gasteiger partial charge in [-0.1, -0.05) is 33.6 Å². The van der Waals surface area contributed by atoms with Crippen molar-refractivity contribution in [2.75, 3.05) is 18.4 Å². The van der Waals surface area contributed by atoms with Crippen LogP contribution in [0.1, 0.15) is 68.1 Å². The van der Waals surface area contributed by atoms with Crippen LogP contribution in [0, 0.1) is 43.9 Å². The molecule has 0 N–H and O–H groups in total. The van der Waals surface area contributed by atoms with Gasteiger partial charge in [0.2, 0.25) is 10.0 Å². The van der Waals surface area contributed by atoms with Crippen LogP contribution in [0.4, 0.5) is 0 Å². The first kappa shape index (κ1) is 21.8. The Labute approximate surface area is 185 Å². The molecule has 4 saturated carbocycles. The molecule has 5 heteroatoms. The van der Waals surface area contributed by atoms with Gasteiger partial charge in [0.1, 0.15) is 0 Å². The van der Waals surface area contributed by atoms with Gasteiger partial charge in [0.05, 0.1) is 4.90 Å². The SMILES string of the molecule is Cc1cc(C)c(S(=O)(=O)N(CCCCBr)CC23CC4CC(CC(C4)C2)C3)c(C)c1. The molecule has 0 aromatic heterocycles. The molecule has 29 heavy (non-hydrogen) atoms. The van der Waals surface area contributed by atoms with Crippen LogP contribution in [-0.2, 0) is 10.0 Å². The van der Waals surface area contributed by atoms with E-state index in [1.165, 1.54) is 38.5 Å². The Kier molecular flexibility index (Phi) is 6.23. The Morgan fingerprint density at radius 1 is 0.966 bits per heavy atom. The average molecular weight is 483 g/mol. The van der Waals surface area contributed by atoms with Gasteiger partial charge in [-0.2, -0.15) is 4.31 Å². The van der Waals surface area contributed by atoms with E-state index >= 15 is 0 Å². The highest BCUT2D eigenvalue weighted by molar-refractivity contribution is 9.09. The van der Waals surface area contributed by atoms with Crippen LogP contribution in [0.5, 0.6) is 0 Å². The Hall–Kier alpha value is -0.390. The number of aryl methyl sites for hydroxylation is 3. The first-order valence-electron chi connectivity index (χ1n) is 11.4. The molecule has 1 aromatic rings. The second-order valence-electron chi connectivity index (χ2n) is 10.4. The molecule has 5 rings (SSSR count). The molecule has 0 amide bonds. The molecule has 0 radical (unpaired) electrons. The van der Waals surface area contributed by atoms with Gasteiger partial charge in [-0.15, -0.1) is 0 Å². The molecule has 4 fully saturated rings. The lowest BCUT2D eigenvalue weighted by Gasteiger charge is -2.57. The summed E-state index contributed by atoms with van der Waals surface area (Å²) in [4.78, 5) is 0.548. The first-order valence-corrected chi connectivity index (χ1v) is 13.9. The van der Waals surface area contributed by atoms with Crippen LogP contribution in [0.25, 0.3) is 0 Å². The van der Waals surface area contributed by atoms with Gasteiger partial charge in [0.25, 0.3) is 0 Å². The lowest BCUT2D eigenvalue weighted by molar-refractivity contribution is -0.0602.